The number of methoxy groups -OCH3 is 1. The molecule has 1 saturated heterocycles. The number of hydrogen-bond acceptors (Lipinski definition) is 8. The average Bonchev–Trinajstić information content (AvgIpc) is 3.41. The third kappa shape index (κ3) is 4.29. The van der Waals surface area contributed by atoms with Crippen LogP contribution in [0.15, 0.2) is 5.51 Å². The smallest absolute Gasteiger partial charge is 0.242 e. The number of pyridine rings is 1. The first-order valence-corrected chi connectivity index (χ1v) is 11.5. The summed E-state index contributed by atoms with van der Waals surface area (Å²) >= 11 is 1.29. The van der Waals surface area contributed by atoms with Crippen molar-refractivity contribution in [2.45, 2.75) is 39.5 Å². The zero-order chi connectivity index (χ0) is 22.8. The van der Waals surface area contributed by atoms with Gasteiger partial charge in [-0.3, -0.25) is 9.59 Å². The van der Waals surface area contributed by atoms with Gasteiger partial charge in [0.2, 0.25) is 22.8 Å². The molecule has 32 heavy (non-hydrogen) atoms. The Labute approximate surface area is 190 Å². The summed E-state index contributed by atoms with van der Waals surface area (Å²) in [5.41, 5.74) is 5.37. The van der Waals surface area contributed by atoms with Crippen molar-refractivity contribution in [1.29, 1.82) is 0 Å². The van der Waals surface area contributed by atoms with Gasteiger partial charge in [-0.05, 0) is 44.2 Å². The van der Waals surface area contributed by atoms with Gasteiger partial charge in [-0.1, -0.05) is 11.3 Å². The number of nitrogens with zero attached hydrogens (tertiary/aromatic N) is 6. The minimum absolute atomic E-state index is 0.0510. The molecule has 0 aromatic carbocycles. The van der Waals surface area contributed by atoms with Gasteiger partial charge in [0.1, 0.15) is 5.51 Å². The number of carbonyl (C=O) groups excluding carboxylic acids is 2. The predicted molar refractivity (Wildman–Crippen MR) is 121 cm³/mol. The average molecular weight is 458 g/mol. The second-order valence-corrected chi connectivity index (χ2v) is 8.85. The van der Waals surface area contributed by atoms with Crippen LogP contribution in [-0.4, -0.2) is 61.9 Å². The summed E-state index contributed by atoms with van der Waals surface area (Å²) in [6.45, 7) is 5.16. The van der Waals surface area contributed by atoms with Crippen LogP contribution in [0.4, 0.5) is 5.13 Å². The van der Waals surface area contributed by atoms with Gasteiger partial charge in [-0.2, -0.15) is 0 Å². The van der Waals surface area contributed by atoms with Gasteiger partial charge in [0.05, 0.1) is 12.5 Å². The van der Waals surface area contributed by atoms with Crippen LogP contribution in [0.5, 0.6) is 5.88 Å². The molecule has 4 heterocycles. The summed E-state index contributed by atoms with van der Waals surface area (Å²) in [6, 6.07) is 0. The number of fused-ring (bicyclic) bond motifs is 1. The lowest BCUT2D eigenvalue weighted by molar-refractivity contribution is -0.134. The maximum Gasteiger partial charge on any atom is 0.242 e. The Balaban J connectivity index is 1.36. The summed E-state index contributed by atoms with van der Waals surface area (Å²) in [7, 11) is 3.44. The molecule has 0 atom stereocenters. The van der Waals surface area contributed by atoms with Crippen LogP contribution in [0.1, 0.15) is 36.1 Å². The molecule has 11 heteroatoms. The normalized spacial score (nSPS) is 14.7. The zero-order valence-electron chi connectivity index (χ0n) is 18.7. The molecule has 1 aliphatic heterocycles. The Morgan fingerprint density at radius 1 is 1.28 bits per heavy atom. The van der Waals surface area contributed by atoms with Crippen LogP contribution in [0.25, 0.3) is 11.0 Å². The quantitative estimate of drug-likeness (QED) is 0.604. The molecule has 0 spiro atoms. The first-order chi connectivity index (χ1) is 15.4. The van der Waals surface area contributed by atoms with Gasteiger partial charge in [-0.15, -0.1) is 15.3 Å². The molecule has 3 aromatic heterocycles. The van der Waals surface area contributed by atoms with E-state index in [1.807, 2.05) is 25.8 Å². The van der Waals surface area contributed by atoms with E-state index in [1.54, 1.807) is 17.3 Å². The summed E-state index contributed by atoms with van der Waals surface area (Å²) < 4.78 is 7.14. The molecule has 0 aliphatic carbocycles. The Kier molecular flexibility index (Phi) is 6.35. The van der Waals surface area contributed by atoms with E-state index in [1.165, 1.54) is 11.3 Å². The van der Waals surface area contributed by atoms with Gasteiger partial charge in [-0.25, -0.2) is 9.67 Å². The number of aryl methyl sites for hydroxylation is 3. The van der Waals surface area contributed by atoms with Crippen LogP contribution in [0, 0.1) is 19.8 Å². The molecule has 1 N–H and O–H groups in total. The molecule has 2 amide bonds. The van der Waals surface area contributed by atoms with E-state index in [0.29, 0.717) is 49.8 Å². The fraction of sp³-hybridized carbons (Fsp3) is 0.524. The first-order valence-electron chi connectivity index (χ1n) is 10.6. The maximum absolute atomic E-state index is 12.9. The number of piperidine rings is 1. The van der Waals surface area contributed by atoms with Crippen molar-refractivity contribution >= 4 is 39.3 Å². The van der Waals surface area contributed by atoms with E-state index in [9.17, 15) is 9.59 Å². The van der Waals surface area contributed by atoms with Gasteiger partial charge in [0.15, 0.2) is 5.65 Å². The monoisotopic (exact) mass is 457 g/mol. The Morgan fingerprint density at radius 3 is 2.69 bits per heavy atom. The van der Waals surface area contributed by atoms with Crippen molar-refractivity contribution in [3.05, 3.63) is 22.3 Å². The molecule has 1 aliphatic rings. The molecule has 0 bridgehead atoms. The molecule has 3 aromatic rings. The Hall–Kier alpha value is -3.08. The second-order valence-electron chi connectivity index (χ2n) is 8.02. The van der Waals surface area contributed by atoms with Gasteiger partial charge in [0.25, 0.3) is 0 Å². The van der Waals surface area contributed by atoms with Crippen molar-refractivity contribution < 1.29 is 14.3 Å². The van der Waals surface area contributed by atoms with Gasteiger partial charge >= 0.3 is 0 Å². The number of rotatable bonds is 6. The Morgan fingerprint density at radius 2 is 2.03 bits per heavy atom. The highest BCUT2D eigenvalue weighted by molar-refractivity contribution is 7.13. The van der Waals surface area contributed by atoms with E-state index >= 15 is 0 Å². The highest BCUT2D eigenvalue weighted by Crippen LogP contribution is 2.30. The van der Waals surface area contributed by atoms with E-state index in [2.05, 4.69) is 20.6 Å². The van der Waals surface area contributed by atoms with E-state index in [0.717, 1.165) is 27.9 Å². The summed E-state index contributed by atoms with van der Waals surface area (Å²) in [6.07, 6.45) is 2.30. The highest BCUT2D eigenvalue weighted by atomic mass is 32.1. The lowest BCUT2D eigenvalue weighted by Crippen LogP contribution is -2.41. The largest absolute Gasteiger partial charge is 0.479 e. The van der Waals surface area contributed by atoms with Crippen LogP contribution in [0.2, 0.25) is 0 Å². The SMILES string of the molecule is COc1nn(C)c2nc(C)c(CCC(=O)N3CCC(C(=O)Nc4nncs4)CC3)c(C)c12. The fourth-order valence-electron chi connectivity index (χ4n) is 4.32. The number of hydrogen-bond donors (Lipinski definition) is 1. The number of aromatic nitrogens is 5. The molecule has 0 radical (unpaired) electrons. The highest BCUT2D eigenvalue weighted by Gasteiger charge is 2.28. The van der Waals surface area contributed by atoms with E-state index < -0.39 is 0 Å². The van der Waals surface area contributed by atoms with Crippen LogP contribution < -0.4 is 10.1 Å². The lowest BCUT2D eigenvalue weighted by Gasteiger charge is -2.31. The minimum atomic E-state index is -0.114. The van der Waals surface area contributed by atoms with Gasteiger partial charge < -0.3 is 15.0 Å². The van der Waals surface area contributed by atoms with E-state index in [4.69, 9.17) is 9.72 Å². The summed E-state index contributed by atoms with van der Waals surface area (Å²) in [5, 5.41) is 16.2. The number of anilines is 1. The minimum Gasteiger partial charge on any atom is -0.479 e. The number of carbonyl (C=O) groups is 2. The molecule has 10 nitrogen and oxygen atoms in total. The molecule has 170 valence electrons. The molecule has 0 saturated carbocycles. The second kappa shape index (κ2) is 9.19. The lowest BCUT2D eigenvalue weighted by atomic mass is 9.95. The number of ether oxygens (including phenoxy) is 1. The number of likely N-dealkylation sites (tertiary alicyclic amines) is 1. The van der Waals surface area contributed by atoms with Crippen molar-refractivity contribution in [2.75, 3.05) is 25.5 Å². The van der Waals surface area contributed by atoms with Crippen LogP contribution in [0.3, 0.4) is 0 Å². The topological polar surface area (TPSA) is 115 Å². The summed E-state index contributed by atoms with van der Waals surface area (Å²) in [5.74, 6) is 0.487. The van der Waals surface area contributed by atoms with Crippen molar-refractivity contribution in [2.24, 2.45) is 13.0 Å². The molecular weight excluding hydrogens is 430 g/mol. The predicted octanol–water partition coefficient (Wildman–Crippen LogP) is 2.26. The standard InChI is InChI=1S/C21H27N7O3S/c1-12-15(13(2)23-18-17(12)20(31-4)26-27(18)3)5-6-16(29)28-9-7-14(8-10-28)19(30)24-21-25-22-11-32-21/h11,14H,5-10H2,1-4H3,(H,24,25,30). The van der Waals surface area contributed by atoms with Crippen molar-refractivity contribution in [3.8, 4) is 5.88 Å². The Bertz CT molecular complexity index is 1130. The van der Waals surface area contributed by atoms with Crippen LogP contribution >= 0.6 is 11.3 Å². The number of nitrogens with one attached hydrogen (secondary N) is 1. The van der Waals surface area contributed by atoms with Crippen LogP contribution in [-0.2, 0) is 23.1 Å². The van der Waals surface area contributed by atoms with E-state index in [-0.39, 0.29) is 17.7 Å². The van der Waals surface area contributed by atoms with Crippen molar-refractivity contribution in [3.63, 3.8) is 0 Å². The first kappa shape index (κ1) is 22.1. The number of amides is 2. The van der Waals surface area contributed by atoms with Gasteiger partial charge in [0, 0.05) is 38.2 Å². The summed E-state index contributed by atoms with van der Waals surface area (Å²) in [4.78, 5) is 31.8. The molecular formula is C21H27N7O3S. The molecule has 4 rings (SSSR count). The van der Waals surface area contributed by atoms with Crippen molar-refractivity contribution in [1.82, 2.24) is 29.9 Å². The molecule has 0 unspecified atom stereocenters. The fourth-order valence-corrected chi connectivity index (χ4v) is 4.77. The third-order valence-electron chi connectivity index (χ3n) is 6.11. The third-order valence-corrected chi connectivity index (χ3v) is 6.72. The molecule has 1 fully saturated rings. The zero-order valence-corrected chi connectivity index (χ0v) is 19.5. The maximum atomic E-state index is 12.9.